The van der Waals surface area contributed by atoms with Crippen LogP contribution in [0.4, 0.5) is 0 Å². The third-order valence-electron chi connectivity index (χ3n) is 3.61. The van der Waals surface area contributed by atoms with Gasteiger partial charge >= 0.3 is 5.97 Å². The molecule has 3 nitrogen and oxygen atoms in total. The Morgan fingerprint density at radius 2 is 1.90 bits per heavy atom. The number of benzene rings is 2. The molecule has 4 heteroatoms. The zero-order valence-corrected chi connectivity index (χ0v) is 12.2. The van der Waals surface area contributed by atoms with Gasteiger partial charge in [0, 0.05) is 15.9 Å². The summed E-state index contributed by atoms with van der Waals surface area (Å²) in [6.45, 7) is 2.01. The molecule has 2 N–H and O–H groups in total. The first-order valence-electron chi connectivity index (χ1n) is 6.64. The van der Waals surface area contributed by atoms with E-state index in [2.05, 4.69) is 4.98 Å². The highest BCUT2D eigenvalue weighted by Gasteiger charge is 2.16. The van der Waals surface area contributed by atoms with Gasteiger partial charge in [-0.3, -0.25) is 4.79 Å². The molecule has 0 bridgehead atoms. The Labute approximate surface area is 127 Å². The van der Waals surface area contributed by atoms with Crippen molar-refractivity contribution in [2.24, 2.45) is 0 Å². The maximum atomic E-state index is 11.2. The van der Waals surface area contributed by atoms with Gasteiger partial charge in [0.15, 0.2) is 0 Å². The summed E-state index contributed by atoms with van der Waals surface area (Å²) in [5.41, 5.74) is 4.67. The summed E-state index contributed by atoms with van der Waals surface area (Å²) in [5.74, 6) is -0.840. The number of aromatic amines is 1. The number of rotatable bonds is 3. The zero-order valence-electron chi connectivity index (χ0n) is 11.5. The van der Waals surface area contributed by atoms with E-state index >= 15 is 0 Å². The van der Waals surface area contributed by atoms with Crippen LogP contribution in [0.1, 0.15) is 11.1 Å². The van der Waals surface area contributed by atoms with Crippen molar-refractivity contribution in [2.75, 3.05) is 0 Å². The number of hydrogen-bond acceptors (Lipinski definition) is 1. The van der Waals surface area contributed by atoms with Gasteiger partial charge in [-0.1, -0.05) is 41.9 Å². The summed E-state index contributed by atoms with van der Waals surface area (Å²) in [5, 5.41) is 10.8. The molecular formula is C17H14ClNO2. The molecule has 1 aromatic heterocycles. The Morgan fingerprint density at radius 3 is 2.57 bits per heavy atom. The van der Waals surface area contributed by atoms with Crippen LogP contribution in [-0.4, -0.2) is 16.1 Å². The van der Waals surface area contributed by atoms with Gasteiger partial charge in [-0.25, -0.2) is 0 Å². The summed E-state index contributed by atoms with van der Waals surface area (Å²) in [4.78, 5) is 14.6. The van der Waals surface area contributed by atoms with E-state index < -0.39 is 5.97 Å². The normalized spacial score (nSPS) is 11.0. The molecule has 0 aliphatic rings. The van der Waals surface area contributed by atoms with Crippen LogP contribution in [0.15, 0.2) is 42.5 Å². The first-order valence-corrected chi connectivity index (χ1v) is 7.02. The lowest BCUT2D eigenvalue weighted by molar-refractivity contribution is -0.136. The minimum atomic E-state index is -0.840. The molecule has 1 heterocycles. The van der Waals surface area contributed by atoms with E-state index in [1.54, 1.807) is 12.1 Å². The molecule has 0 aliphatic heterocycles. The second-order valence-corrected chi connectivity index (χ2v) is 5.49. The number of H-pyrrole nitrogens is 1. The fourth-order valence-corrected chi connectivity index (χ4v) is 2.74. The first kappa shape index (κ1) is 13.7. The van der Waals surface area contributed by atoms with Crippen LogP contribution in [0.3, 0.4) is 0 Å². The summed E-state index contributed by atoms with van der Waals surface area (Å²) < 4.78 is 0. The standard InChI is InChI=1S/C17H14ClNO2/c1-10-3-2-4-13-14(9-15(20)21)17(19-16(10)13)11-5-7-12(18)8-6-11/h2-8,19H,9H2,1H3,(H,20,21). The third kappa shape index (κ3) is 2.52. The van der Waals surface area contributed by atoms with Crippen molar-refractivity contribution in [3.63, 3.8) is 0 Å². The summed E-state index contributed by atoms with van der Waals surface area (Å²) in [6.07, 6.45) is -0.0125. The van der Waals surface area contributed by atoms with E-state index in [1.165, 1.54) is 0 Å². The van der Waals surface area contributed by atoms with Crippen molar-refractivity contribution < 1.29 is 9.90 Å². The Kier molecular flexibility index (Phi) is 3.43. The Balaban J connectivity index is 2.27. The molecule has 3 rings (SSSR count). The minimum Gasteiger partial charge on any atom is -0.481 e. The maximum absolute atomic E-state index is 11.2. The Bertz CT molecular complexity index is 819. The van der Waals surface area contributed by atoms with E-state index in [4.69, 9.17) is 11.6 Å². The highest BCUT2D eigenvalue weighted by atomic mass is 35.5. The number of carboxylic acid groups (broad SMARTS) is 1. The molecule has 0 amide bonds. The number of aliphatic carboxylic acids is 1. The van der Waals surface area contributed by atoms with Crippen molar-refractivity contribution in [1.29, 1.82) is 0 Å². The van der Waals surface area contributed by atoms with Crippen molar-refractivity contribution in [3.8, 4) is 11.3 Å². The predicted molar refractivity (Wildman–Crippen MR) is 84.8 cm³/mol. The Hall–Kier alpha value is -2.26. The fourth-order valence-electron chi connectivity index (χ4n) is 2.62. The molecule has 0 saturated heterocycles. The van der Waals surface area contributed by atoms with Gasteiger partial charge in [0.1, 0.15) is 0 Å². The number of fused-ring (bicyclic) bond motifs is 1. The number of carbonyl (C=O) groups is 1. The SMILES string of the molecule is Cc1cccc2c(CC(=O)O)c(-c3ccc(Cl)cc3)[nH]c12. The van der Waals surface area contributed by atoms with Gasteiger partial charge in [-0.2, -0.15) is 0 Å². The molecule has 0 saturated carbocycles. The van der Waals surface area contributed by atoms with E-state index in [1.807, 2.05) is 37.3 Å². The second-order valence-electron chi connectivity index (χ2n) is 5.05. The van der Waals surface area contributed by atoms with Crippen molar-refractivity contribution >= 4 is 28.5 Å². The van der Waals surface area contributed by atoms with E-state index in [9.17, 15) is 9.90 Å². The lowest BCUT2D eigenvalue weighted by atomic mass is 10.0. The zero-order chi connectivity index (χ0) is 15.0. The van der Waals surface area contributed by atoms with Crippen LogP contribution in [0, 0.1) is 6.92 Å². The van der Waals surface area contributed by atoms with Crippen LogP contribution >= 0.6 is 11.6 Å². The van der Waals surface area contributed by atoms with Crippen LogP contribution in [0.2, 0.25) is 5.02 Å². The molecule has 0 radical (unpaired) electrons. The highest BCUT2D eigenvalue weighted by molar-refractivity contribution is 6.30. The van der Waals surface area contributed by atoms with Crippen molar-refractivity contribution in [1.82, 2.24) is 4.98 Å². The van der Waals surface area contributed by atoms with Gasteiger partial charge in [0.05, 0.1) is 12.1 Å². The Morgan fingerprint density at radius 1 is 1.19 bits per heavy atom. The first-order chi connectivity index (χ1) is 10.1. The molecule has 3 aromatic rings. The quantitative estimate of drug-likeness (QED) is 0.752. The van der Waals surface area contributed by atoms with E-state index in [0.717, 1.165) is 33.3 Å². The summed E-state index contributed by atoms with van der Waals surface area (Å²) in [7, 11) is 0. The largest absolute Gasteiger partial charge is 0.481 e. The lowest BCUT2D eigenvalue weighted by Gasteiger charge is -2.03. The molecule has 0 spiro atoms. The highest BCUT2D eigenvalue weighted by Crippen LogP contribution is 2.32. The van der Waals surface area contributed by atoms with Crippen LogP contribution in [0.5, 0.6) is 0 Å². The van der Waals surface area contributed by atoms with Gasteiger partial charge in [-0.15, -0.1) is 0 Å². The van der Waals surface area contributed by atoms with Gasteiger partial charge in [-0.05, 0) is 35.7 Å². The second kappa shape index (κ2) is 5.26. The maximum Gasteiger partial charge on any atom is 0.307 e. The van der Waals surface area contributed by atoms with Crippen molar-refractivity contribution in [2.45, 2.75) is 13.3 Å². The molecule has 0 atom stereocenters. The average molecular weight is 300 g/mol. The van der Waals surface area contributed by atoms with Crippen molar-refractivity contribution in [3.05, 3.63) is 58.6 Å². The molecule has 0 unspecified atom stereocenters. The molecule has 0 fully saturated rings. The van der Waals surface area contributed by atoms with Crippen LogP contribution in [-0.2, 0) is 11.2 Å². The fraction of sp³-hybridized carbons (Fsp3) is 0.118. The number of aromatic nitrogens is 1. The number of carboxylic acids is 1. The summed E-state index contributed by atoms with van der Waals surface area (Å²) in [6, 6.07) is 13.3. The number of aryl methyl sites for hydroxylation is 1. The average Bonchev–Trinajstić information content (AvgIpc) is 2.80. The number of para-hydroxylation sites is 1. The molecule has 106 valence electrons. The summed E-state index contributed by atoms with van der Waals surface area (Å²) >= 11 is 5.92. The van der Waals surface area contributed by atoms with E-state index in [0.29, 0.717) is 5.02 Å². The smallest absolute Gasteiger partial charge is 0.307 e. The predicted octanol–water partition coefficient (Wildman–Crippen LogP) is 4.42. The van der Waals surface area contributed by atoms with Gasteiger partial charge in [0.25, 0.3) is 0 Å². The topological polar surface area (TPSA) is 53.1 Å². The van der Waals surface area contributed by atoms with Crippen LogP contribution < -0.4 is 0 Å². The number of nitrogens with one attached hydrogen (secondary N) is 1. The van der Waals surface area contributed by atoms with Gasteiger partial charge < -0.3 is 10.1 Å². The van der Waals surface area contributed by atoms with Crippen LogP contribution in [0.25, 0.3) is 22.2 Å². The number of hydrogen-bond donors (Lipinski definition) is 2. The van der Waals surface area contributed by atoms with E-state index in [-0.39, 0.29) is 6.42 Å². The third-order valence-corrected chi connectivity index (χ3v) is 3.86. The lowest BCUT2D eigenvalue weighted by Crippen LogP contribution is -2.00. The monoisotopic (exact) mass is 299 g/mol. The van der Waals surface area contributed by atoms with Gasteiger partial charge in [0.2, 0.25) is 0 Å². The molecule has 0 aliphatic carbocycles. The molecule has 21 heavy (non-hydrogen) atoms. The minimum absolute atomic E-state index is 0.0125. The molecular weight excluding hydrogens is 286 g/mol. The number of halogens is 1. The molecule has 2 aromatic carbocycles.